The third-order valence-electron chi connectivity index (χ3n) is 4.27. The third kappa shape index (κ3) is 4.22. The number of nitrogens with one attached hydrogen (secondary N) is 1. The molecule has 1 atom stereocenters. The van der Waals surface area contributed by atoms with E-state index in [0.717, 1.165) is 36.0 Å². The van der Waals surface area contributed by atoms with Crippen LogP contribution in [-0.4, -0.2) is 23.9 Å². The summed E-state index contributed by atoms with van der Waals surface area (Å²) in [7, 11) is 0. The number of benzene rings is 1. The first-order chi connectivity index (χ1) is 11.2. The van der Waals surface area contributed by atoms with Gasteiger partial charge >= 0.3 is 0 Å². The molecule has 0 bridgehead atoms. The molecule has 2 aromatic rings. The molecule has 1 aliphatic rings. The predicted molar refractivity (Wildman–Crippen MR) is 98.6 cm³/mol. The molecule has 0 spiro atoms. The van der Waals surface area contributed by atoms with Gasteiger partial charge in [-0.3, -0.25) is 9.69 Å². The fourth-order valence-corrected chi connectivity index (χ4v) is 4.16. The minimum Gasteiger partial charge on any atom is -0.348 e. The van der Waals surface area contributed by atoms with E-state index in [2.05, 4.69) is 56.6 Å². The second-order valence-corrected chi connectivity index (χ2v) is 7.83. The first kappa shape index (κ1) is 16.7. The largest absolute Gasteiger partial charge is 0.348 e. The van der Waals surface area contributed by atoms with Crippen LogP contribution in [0.2, 0.25) is 0 Å². The number of amides is 1. The average molecular weight is 393 g/mol. The lowest BCUT2D eigenvalue weighted by atomic mass is 10.0. The van der Waals surface area contributed by atoms with Gasteiger partial charge in [0.15, 0.2) is 0 Å². The number of hydrogen-bond acceptors (Lipinski definition) is 3. The number of fused-ring (bicyclic) bond motifs is 1. The van der Waals surface area contributed by atoms with E-state index >= 15 is 0 Å². The lowest BCUT2D eigenvalue weighted by Gasteiger charge is -2.27. The first-order valence-corrected chi connectivity index (χ1v) is 9.65. The van der Waals surface area contributed by atoms with Crippen LogP contribution < -0.4 is 5.32 Å². The monoisotopic (exact) mass is 392 g/mol. The van der Waals surface area contributed by atoms with Crippen LogP contribution in [0.15, 0.2) is 40.2 Å². The van der Waals surface area contributed by atoms with Gasteiger partial charge in [-0.25, -0.2) is 0 Å². The zero-order chi connectivity index (χ0) is 16.2. The maximum Gasteiger partial charge on any atom is 0.234 e. The summed E-state index contributed by atoms with van der Waals surface area (Å²) in [5.74, 6) is 0.110. The molecule has 0 aliphatic carbocycles. The van der Waals surface area contributed by atoms with Crippen LogP contribution in [0.3, 0.4) is 0 Å². The Bertz CT molecular complexity index is 668. The van der Waals surface area contributed by atoms with E-state index in [0.29, 0.717) is 6.54 Å². The number of rotatable bonds is 5. The zero-order valence-electron chi connectivity index (χ0n) is 13.2. The van der Waals surface area contributed by atoms with Gasteiger partial charge in [0.05, 0.1) is 12.6 Å². The van der Waals surface area contributed by atoms with Crippen LogP contribution in [-0.2, 0) is 17.8 Å². The standard InChI is InChI=1S/C18H21BrN2OS/c1-2-16(13-3-5-15(19)6-4-13)20-18(22)12-21-9-7-17-14(11-21)8-10-23-17/h3-6,8,10,16H,2,7,9,11-12H2,1H3,(H,20,22)/t16-/m0/s1. The van der Waals surface area contributed by atoms with Crippen LogP contribution in [0.25, 0.3) is 0 Å². The molecule has 1 amide bonds. The summed E-state index contributed by atoms with van der Waals surface area (Å²) in [4.78, 5) is 16.1. The van der Waals surface area contributed by atoms with Crippen molar-refractivity contribution in [2.75, 3.05) is 13.1 Å². The number of halogens is 1. The summed E-state index contributed by atoms with van der Waals surface area (Å²) >= 11 is 5.28. The highest BCUT2D eigenvalue weighted by molar-refractivity contribution is 9.10. The Morgan fingerprint density at radius 2 is 2.13 bits per heavy atom. The fourth-order valence-electron chi connectivity index (χ4n) is 3.00. The van der Waals surface area contributed by atoms with E-state index in [9.17, 15) is 4.79 Å². The van der Waals surface area contributed by atoms with Gasteiger partial charge in [0.2, 0.25) is 5.91 Å². The molecule has 3 nitrogen and oxygen atoms in total. The van der Waals surface area contributed by atoms with E-state index in [4.69, 9.17) is 0 Å². The maximum atomic E-state index is 12.4. The summed E-state index contributed by atoms with van der Waals surface area (Å²) < 4.78 is 1.06. The number of nitrogens with zero attached hydrogens (tertiary/aromatic N) is 1. The highest BCUT2D eigenvalue weighted by atomic mass is 79.9. The molecule has 0 saturated heterocycles. The molecule has 0 fully saturated rings. The summed E-state index contributed by atoms with van der Waals surface area (Å²) in [6.45, 7) is 4.44. The molecule has 2 heterocycles. The van der Waals surface area contributed by atoms with E-state index in [1.807, 2.05) is 23.5 Å². The molecule has 3 rings (SSSR count). The summed E-state index contributed by atoms with van der Waals surface area (Å²) in [6, 6.07) is 10.4. The quantitative estimate of drug-likeness (QED) is 0.828. The van der Waals surface area contributed by atoms with Crippen molar-refractivity contribution in [3.63, 3.8) is 0 Å². The molecule has 1 N–H and O–H groups in total. The van der Waals surface area contributed by atoms with Gasteiger partial charge < -0.3 is 5.32 Å². The van der Waals surface area contributed by atoms with Crippen molar-refractivity contribution in [1.29, 1.82) is 0 Å². The lowest BCUT2D eigenvalue weighted by Crippen LogP contribution is -2.40. The summed E-state index contributed by atoms with van der Waals surface area (Å²) in [6.07, 6.45) is 1.95. The second kappa shape index (κ2) is 7.60. The molecule has 0 saturated carbocycles. The van der Waals surface area contributed by atoms with Gasteiger partial charge in [-0.15, -0.1) is 11.3 Å². The molecule has 1 aliphatic heterocycles. The molecule has 122 valence electrons. The van der Waals surface area contributed by atoms with Crippen LogP contribution in [0.1, 0.15) is 35.4 Å². The van der Waals surface area contributed by atoms with Gasteiger partial charge in [0.1, 0.15) is 0 Å². The Morgan fingerprint density at radius 3 is 2.87 bits per heavy atom. The van der Waals surface area contributed by atoms with Gasteiger partial charge in [0.25, 0.3) is 0 Å². The Labute approximate surface area is 149 Å². The van der Waals surface area contributed by atoms with Gasteiger partial charge in [0, 0.05) is 22.4 Å². The number of carbonyl (C=O) groups is 1. The van der Waals surface area contributed by atoms with Crippen LogP contribution in [0, 0.1) is 0 Å². The number of carbonyl (C=O) groups excluding carboxylic acids is 1. The SMILES string of the molecule is CC[C@H](NC(=O)CN1CCc2sccc2C1)c1ccc(Br)cc1. The van der Waals surface area contributed by atoms with Gasteiger partial charge in [-0.2, -0.15) is 0 Å². The second-order valence-electron chi connectivity index (χ2n) is 5.91. The molecular formula is C18H21BrN2OS. The summed E-state index contributed by atoms with van der Waals surface area (Å²) in [5, 5.41) is 5.32. The predicted octanol–water partition coefficient (Wildman–Crippen LogP) is 4.14. The van der Waals surface area contributed by atoms with Crippen LogP contribution in [0.4, 0.5) is 0 Å². The minimum atomic E-state index is 0.0806. The highest BCUT2D eigenvalue weighted by Gasteiger charge is 2.20. The molecule has 5 heteroatoms. The highest BCUT2D eigenvalue weighted by Crippen LogP contribution is 2.24. The van der Waals surface area contributed by atoms with Crippen molar-refractivity contribution >= 4 is 33.2 Å². The van der Waals surface area contributed by atoms with Crippen LogP contribution >= 0.6 is 27.3 Å². The van der Waals surface area contributed by atoms with Crippen LogP contribution in [0.5, 0.6) is 0 Å². The number of thiophene rings is 1. The van der Waals surface area contributed by atoms with E-state index in [1.54, 1.807) is 0 Å². The molecule has 0 unspecified atom stereocenters. The van der Waals surface area contributed by atoms with Crippen molar-refractivity contribution in [3.05, 3.63) is 56.2 Å². The fraction of sp³-hybridized carbons (Fsp3) is 0.389. The van der Waals surface area contributed by atoms with Crippen molar-refractivity contribution in [1.82, 2.24) is 10.2 Å². The van der Waals surface area contributed by atoms with E-state index in [-0.39, 0.29) is 11.9 Å². The van der Waals surface area contributed by atoms with Crippen molar-refractivity contribution in [3.8, 4) is 0 Å². The third-order valence-corrected chi connectivity index (χ3v) is 5.82. The minimum absolute atomic E-state index is 0.0806. The Balaban J connectivity index is 1.57. The molecule has 1 aromatic carbocycles. The molecule has 23 heavy (non-hydrogen) atoms. The van der Waals surface area contributed by atoms with Gasteiger partial charge in [-0.05, 0) is 47.5 Å². The van der Waals surface area contributed by atoms with Crippen molar-refractivity contribution in [2.24, 2.45) is 0 Å². The smallest absolute Gasteiger partial charge is 0.234 e. The zero-order valence-corrected chi connectivity index (χ0v) is 15.6. The maximum absolute atomic E-state index is 12.4. The Kier molecular flexibility index (Phi) is 5.51. The summed E-state index contributed by atoms with van der Waals surface area (Å²) in [5.41, 5.74) is 2.54. The topological polar surface area (TPSA) is 32.3 Å². The molecule has 1 aromatic heterocycles. The lowest BCUT2D eigenvalue weighted by molar-refractivity contribution is -0.123. The Morgan fingerprint density at radius 1 is 1.35 bits per heavy atom. The number of hydrogen-bond donors (Lipinski definition) is 1. The van der Waals surface area contributed by atoms with Gasteiger partial charge in [-0.1, -0.05) is 35.0 Å². The molecular weight excluding hydrogens is 372 g/mol. The Hall–Kier alpha value is -1.17. The van der Waals surface area contributed by atoms with Crippen molar-refractivity contribution < 1.29 is 4.79 Å². The first-order valence-electron chi connectivity index (χ1n) is 7.98. The van der Waals surface area contributed by atoms with E-state index < -0.39 is 0 Å². The normalized spacial score (nSPS) is 15.9. The van der Waals surface area contributed by atoms with E-state index in [1.165, 1.54) is 10.4 Å². The molecule has 0 radical (unpaired) electrons. The average Bonchev–Trinajstić information content (AvgIpc) is 3.01. The van der Waals surface area contributed by atoms with Crippen molar-refractivity contribution in [2.45, 2.75) is 32.4 Å².